The Morgan fingerprint density at radius 1 is 0.667 bits per heavy atom. The summed E-state index contributed by atoms with van der Waals surface area (Å²) in [6, 6.07) is 26.7. The van der Waals surface area contributed by atoms with Crippen molar-refractivity contribution in [3.8, 4) is 11.1 Å². The van der Waals surface area contributed by atoms with Gasteiger partial charge < -0.3 is 0 Å². The molecule has 3 aromatic rings. The molecule has 0 unspecified atom stereocenters. The lowest BCUT2D eigenvalue weighted by Crippen LogP contribution is -1.82. The van der Waals surface area contributed by atoms with Crippen molar-refractivity contribution in [2.24, 2.45) is 4.99 Å². The summed E-state index contributed by atoms with van der Waals surface area (Å²) in [6.45, 7) is 0. The molecule has 0 saturated heterocycles. The number of rotatable bonds is 3. The van der Waals surface area contributed by atoms with Crippen molar-refractivity contribution in [1.82, 2.24) is 0 Å². The molecule has 0 saturated carbocycles. The Bertz CT molecular complexity index is 729. The molecule has 0 radical (unpaired) electrons. The zero-order valence-electron chi connectivity index (χ0n) is 11.4. The van der Waals surface area contributed by atoms with E-state index in [1.165, 1.54) is 11.1 Å². The number of hydrogen-bond acceptors (Lipinski definition) is 1. The maximum atomic E-state index is 4.47. The van der Waals surface area contributed by atoms with Gasteiger partial charge in [-0.25, -0.2) is 0 Å². The zero-order chi connectivity index (χ0) is 14.5. The Morgan fingerprint density at radius 2 is 1.29 bits per heavy atom. The molecule has 0 aliphatic rings. The van der Waals surface area contributed by atoms with Crippen LogP contribution in [0.4, 0.5) is 5.69 Å². The van der Waals surface area contributed by atoms with Gasteiger partial charge >= 0.3 is 0 Å². The second-order valence-electron chi connectivity index (χ2n) is 4.72. The van der Waals surface area contributed by atoms with E-state index in [1.54, 1.807) is 0 Å². The first-order valence-corrected chi connectivity index (χ1v) is 7.56. The lowest BCUT2D eigenvalue weighted by molar-refractivity contribution is 1.51. The number of benzene rings is 3. The van der Waals surface area contributed by atoms with Gasteiger partial charge in [0.1, 0.15) is 0 Å². The maximum absolute atomic E-state index is 4.47. The van der Waals surface area contributed by atoms with E-state index in [1.807, 2.05) is 36.5 Å². The molecule has 102 valence electrons. The Hall–Kier alpha value is -2.19. The van der Waals surface area contributed by atoms with E-state index in [0.29, 0.717) is 0 Å². The number of halogens is 1. The molecule has 0 N–H and O–H groups in total. The summed E-state index contributed by atoms with van der Waals surface area (Å²) in [5.41, 5.74) is 4.49. The fourth-order valence-corrected chi connectivity index (χ4v) is 2.33. The van der Waals surface area contributed by atoms with Gasteiger partial charge in [-0.15, -0.1) is 0 Å². The van der Waals surface area contributed by atoms with Crippen LogP contribution in [0.5, 0.6) is 0 Å². The molecular formula is C19H14BrN. The summed E-state index contributed by atoms with van der Waals surface area (Å²) in [7, 11) is 0. The molecule has 0 aliphatic heterocycles. The molecule has 0 amide bonds. The fraction of sp³-hybridized carbons (Fsp3) is 0. The van der Waals surface area contributed by atoms with Crippen molar-refractivity contribution in [2.45, 2.75) is 0 Å². The van der Waals surface area contributed by atoms with Crippen LogP contribution >= 0.6 is 15.9 Å². The summed E-state index contributed by atoms with van der Waals surface area (Å²) in [5, 5.41) is 0. The average molecular weight is 336 g/mol. The van der Waals surface area contributed by atoms with E-state index < -0.39 is 0 Å². The van der Waals surface area contributed by atoms with Crippen LogP contribution in [-0.2, 0) is 0 Å². The minimum atomic E-state index is 0.949. The van der Waals surface area contributed by atoms with Crippen molar-refractivity contribution in [3.63, 3.8) is 0 Å². The van der Waals surface area contributed by atoms with Crippen LogP contribution in [0.25, 0.3) is 11.1 Å². The van der Waals surface area contributed by atoms with Gasteiger partial charge in [0.25, 0.3) is 0 Å². The fourth-order valence-electron chi connectivity index (χ4n) is 2.07. The lowest BCUT2D eigenvalue weighted by Gasteiger charge is -2.01. The van der Waals surface area contributed by atoms with Gasteiger partial charge in [-0.05, 0) is 41.0 Å². The Labute approximate surface area is 133 Å². The highest BCUT2D eigenvalue weighted by molar-refractivity contribution is 9.10. The summed E-state index contributed by atoms with van der Waals surface area (Å²) in [4.78, 5) is 4.47. The van der Waals surface area contributed by atoms with Gasteiger partial charge in [-0.1, -0.05) is 70.5 Å². The number of hydrogen-bond donors (Lipinski definition) is 0. The summed E-state index contributed by atoms with van der Waals surface area (Å²) in [5.74, 6) is 0. The monoisotopic (exact) mass is 335 g/mol. The third-order valence-electron chi connectivity index (χ3n) is 3.21. The van der Waals surface area contributed by atoms with Gasteiger partial charge in [0.15, 0.2) is 0 Å². The molecular weight excluding hydrogens is 322 g/mol. The molecule has 0 fully saturated rings. The van der Waals surface area contributed by atoms with Crippen molar-refractivity contribution >= 4 is 27.8 Å². The van der Waals surface area contributed by atoms with Crippen LogP contribution in [0.2, 0.25) is 0 Å². The topological polar surface area (TPSA) is 12.4 Å². The van der Waals surface area contributed by atoms with Crippen LogP contribution < -0.4 is 0 Å². The van der Waals surface area contributed by atoms with Crippen LogP contribution in [-0.4, -0.2) is 6.21 Å². The van der Waals surface area contributed by atoms with E-state index in [0.717, 1.165) is 15.7 Å². The molecule has 0 bridgehead atoms. The van der Waals surface area contributed by atoms with Crippen LogP contribution in [0, 0.1) is 0 Å². The Kier molecular flexibility index (Phi) is 4.27. The number of nitrogens with zero attached hydrogens (tertiary/aromatic N) is 1. The first-order chi connectivity index (χ1) is 10.3. The van der Waals surface area contributed by atoms with E-state index >= 15 is 0 Å². The van der Waals surface area contributed by atoms with Gasteiger partial charge in [0, 0.05) is 10.7 Å². The summed E-state index contributed by atoms with van der Waals surface area (Å²) < 4.78 is 1.06. The highest BCUT2D eigenvalue weighted by Gasteiger charge is 1.96. The average Bonchev–Trinajstić information content (AvgIpc) is 2.56. The maximum Gasteiger partial charge on any atom is 0.0630 e. The molecule has 0 heterocycles. The molecule has 21 heavy (non-hydrogen) atoms. The van der Waals surface area contributed by atoms with Crippen LogP contribution in [0.1, 0.15) is 5.56 Å². The van der Waals surface area contributed by atoms with Gasteiger partial charge in [-0.3, -0.25) is 4.99 Å². The molecule has 0 aliphatic carbocycles. The van der Waals surface area contributed by atoms with E-state index in [9.17, 15) is 0 Å². The van der Waals surface area contributed by atoms with E-state index in [4.69, 9.17) is 0 Å². The molecule has 3 rings (SSSR count). The molecule has 0 atom stereocenters. The SMILES string of the molecule is Brc1ccc(/N=C/c2ccc(-c3ccccc3)cc2)cc1. The lowest BCUT2D eigenvalue weighted by atomic mass is 10.0. The second kappa shape index (κ2) is 6.51. The first-order valence-electron chi connectivity index (χ1n) is 6.76. The number of aliphatic imine (C=N–C) groups is 1. The normalized spacial score (nSPS) is 10.9. The third-order valence-corrected chi connectivity index (χ3v) is 3.74. The van der Waals surface area contributed by atoms with Crippen molar-refractivity contribution in [2.75, 3.05) is 0 Å². The van der Waals surface area contributed by atoms with E-state index in [2.05, 4.69) is 69.5 Å². The standard InChI is InChI=1S/C19H14BrN/c20-18-10-12-19(13-11-18)21-14-15-6-8-17(9-7-15)16-4-2-1-3-5-16/h1-14H/b21-14+. The smallest absolute Gasteiger partial charge is 0.0630 e. The van der Waals surface area contributed by atoms with Gasteiger partial charge in [0.05, 0.1) is 5.69 Å². The molecule has 0 spiro atoms. The van der Waals surface area contributed by atoms with Gasteiger partial charge in [-0.2, -0.15) is 0 Å². The Balaban J connectivity index is 1.77. The second-order valence-corrected chi connectivity index (χ2v) is 5.64. The highest BCUT2D eigenvalue weighted by atomic mass is 79.9. The highest BCUT2D eigenvalue weighted by Crippen LogP contribution is 2.20. The first kappa shape index (κ1) is 13.8. The summed E-state index contributed by atoms with van der Waals surface area (Å²) in [6.07, 6.45) is 1.89. The predicted octanol–water partition coefficient (Wildman–Crippen LogP) is 5.87. The molecule has 3 aromatic carbocycles. The third kappa shape index (κ3) is 3.67. The summed E-state index contributed by atoms with van der Waals surface area (Å²) >= 11 is 3.42. The van der Waals surface area contributed by atoms with Crippen molar-refractivity contribution < 1.29 is 0 Å². The van der Waals surface area contributed by atoms with Crippen molar-refractivity contribution in [1.29, 1.82) is 0 Å². The predicted molar refractivity (Wildman–Crippen MR) is 93.3 cm³/mol. The van der Waals surface area contributed by atoms with Crippen LogP contribution in [0.3, 0.4) is 0 Å². The largest absolute Gasteiger partial charge is 0.256 e. The zero-order valence-corrected chi connectivity index (χ0v) is 13.0. The minimum absolute atomic E-state index is 0.949. The van der Waals surface area contributed by atoms with E-state index in [-0.39, 0.29) is 0 Å². The minimum Gasteiger partial charge on any atom is -0.256 e. The quantitative estimate of drug-likeness (QED) is 0.531. The molecule has 0 aromatic heterocycles. The molecule has 1 nitrogen and oxygen atoms in total. The molecule has 2 heteroatoms. The van der Waals surface area contributed by atoms with Crippen molar-refractivity contribution in [3.05, 3.63) is 88.9 Å². The van der Waals surface area contributed by atoms with Crippen LogP contribution in [0.15, 0.2) is 88.3 Å². The Morgan fingerprint density at radius 3 is 1.95 bits per heavy atom. The van der Waals surface area contributed by atoms with Gasteiger partial charge in [0.2, 0.25) is 0 Å².